The maximum atomic E-state index is 2.57. The molecule has 1 aliphatic heterocycles. The van der Waals surface area contributed by atoms with Gasteiger partial charge >= 0.3 is 0 Å². The highest BCUT2D eigenvalue weighted by atomic mass is 15.4. The van der Waals surface area contributed by atoms with Crippen LogP contribution >= 0.6 is 0 Å². The molecule has 0 amide bonds. The molecule has 0 unspecified atom stereocenters. The van der Waals surface area contributed by atoms with Crippen LogP contribution in [-0.4, -0.2) is 24.7 Å². The van der Waals surface area contributed by atoms with Crippen molar-refractivity contribution in [3.8, 4) is 0 Å². The minimum Gasteiger partial charge on any atom is -0.352 e. The Kier molecular flexibility index (Phi) is 4.79. The van der Waals surface area contributed by atoms with Crippen molar-refractivity contribution in [2.24, 2.45) is 5.92 Å². The van der Waals surface area contributed by atoms with Gasteiger partial charge in [-0.05, 0) is 41.9 Å². The molecule has 23 heavy (non-hydrogen) atoms. The summed E-state index contributed by atoms with van der Waals surface area (Å²) in [4.78, 5) is 5.12. The van der Waals surface area contributed by atoms with Gasteiger partial charge in [-0.2, -0.15) is 0 Å². The average molecular weight is 310 g/mol. The van der Waals surface area contributed by atoms with E-state index in [0.717, 1.165) is 19.8 Å². The summed E-state index contributed by atoms with van der Waals surface area (Å²) in [5.74, 6) is 1.18. The van der Waals surface area contributed by atoms with Crippen LogP contribution in [0.25, 0.3) is 0 Å². The van der Waals surface area contributed by atoms with Crippen LogP contribution in [0.2, 0.25) is 0 Å². The Balaban J connectivity index is 1.79. The maximum Gasteiger partial charge on any atom is 0.0904 e. The van der Waals surface area contributed by atoms with Crippen molar-refractivity contribution in [1.82, 2.24) is 4.90 Å². The average Bonchev–Trinajstić information content (AvgIpc) is 3.04. The summed E-state index contributed by atoms with van der Waals surface area (Å²) in [6, 6.07) is 8.90. The van der Waals surface area contributed by atoms with E-state index in [4.69, 9.17) is 0 Å². The standard InChI is InChI=1S/C21H30N2/c1-16(2)18-9-5-7-11-20(18)22-13-14-23(15-22)21-12-8-6-10-19(21)17(3)4/h5,7,9-12,16-17H,6,8,13-15H2,1-4H3. The summed E-state index contributed by atoms with van der Waals surface area (Å²) in [6.07, 6.45) is 7.29. The van der Waals surface area contributed by atoms with Gasteiger partial charge in [0.05, 0.1) is 6.67 Å². The van der Waals surface area contributed by atoms with Crippen LogP contribution in [-0.2, 0) is 0 Å². The molecule has 124 valence electrons. The van der Waals surface area contributed by atoms with Crippen LogP contribution in [0, 0.1) is 5.92 Å². The Labute approximate surface area is 141 Å². The van der Waals surface area contributed by atoms with E-state index in [-0.39, 0.29) is 0 Å². The Bertz CT molecular complexity index is 610. The van der Waals surface area contributed by atoms with E-state index in [2.05, 4.69) is 73.9 Å². The molecule has 1 fully saturated rings. The van der Waals surface area contributed by atoms with Crippen LogP contribution in [0.1, 0.15) is 52.0 Å². The summed E-state index contributed by atoms with van der Waals surface area (Å²) in [5, 5.41) is 0. The zero-order chi connectivity index (χ0) is 16.4. The van der Waals surface area contributed by atoms with Gasteiger partial charge in [-0.15, -0.1) is 0 Å². The second kappa shape index (κ2) is 6.82. The summed E-state index contributed by atoms with van der Waals surface area (Å²) in [7, 11) is 0. The van der Waals surface area contributed by atoms with Gasteiger partial charge in [-0.25, -0.2) is 0 Å². The monoisotopic (exact) mass is 310 g/mol. The molecule has 1 aliphatic carbocycles. The normalized spacial score (nSPS) is 18.7. The fourth-order valence-electron chi connectivity index (χ4n) is 3.77. The van der Waals surface area contributed by atoms with Crippen molar-refractivity contribution in [1.29, 1.82) is 0 Å². The highest BCUT2D eigenvalue weighted by Crippen LogP contribution is 2.33. The predicted octanol–water partition coefficient (Wildman–Crippen LogP) is 5.15. The van der Waals surface area contributed by atoms with Gasteiger partial charge < -0.3 is 9.80 Å². The number of hydrogen-bond donors (Lipinski definition) is 0. The quantitative estimate of drug-likeness (QED) is 0.759. The van der Waals surface area contributed by atoms with E-state index >= 15 is 0 Å². The molecule has 2 heteroatoms. The number of allylic oxidation sites excluding steroid dienone is 3. The van der Waals surface area contributed by atoms with E-state index in [1.54, 1.807) is 0 Å². The molecule has 0 spiro atoms. The van der Waals surface area contributed by atoms with Crippen LogP contribution < -0.4 is 4.90 Å². The molecular weight excluding hydrogens is 280 g/mol. The third-order valence-electron chi connectivity index (χ3n) is 5.01. The van der Waals surface area contributed by atoms with Gasteiger partial charge in [-0.3, -0.25) is 0 Å². The fourth-order valence-corrected chi connectivity index (χ4v) is 3.77. The van der Waals surface area contributed by atoms with Crippen molar-refractivity contribution in [3.63, 3.8) is 0 Å². The van der Waals surface area contributed by atoms with Gasteiger partial charge in [0.25, 0.3) is 0 Å². The van der Waals surface area contributed by atoms with Gasteiger partial charge in [0.15, 0.2) is 0 Å². The molecule has 0 aromatic heterocycles. The minimum absolute atomic E-state index is 0.570. The molecule has 0 bridgehead atoms. The Hall–Kier alpha value is -1.70. The van der Waals surface area contributed by atoms with Crippen LogP contribution in [0.4, 0.5) is 5.69 Å². The second-order valence-corrected chi connectivity index (χ2v) is 7.36. The fraction of sp³-hybridized carbons (Fsp3) is 0.524. The Morgan fingerprint density at radius 1 is 0.826 bits per heavy atom. The first kappa shape index (κ1) is 16.2. The molecule has 1 aromatic carbocycles. The molecule has 0 radical (unpaired) electrons. The number of nitrogens with zero attached hydrogens (tertiary/aromatic N) is 2. The first-order valence-electron chi connectivity index (χ1n) is 9.07. The van der Waals surface area contributed by atoms with Crippen molar-refractivity contribution in [2.45, 2.75) is 46.5 Å². The van der Waals surface area contributed by atoms with Gasteiger partial charge in [0.1, 0.15) is 0 Å². The molecule has 0 atom stereocenters. The van der Waals surface area contributed by atoms with E-state index in [1.165, 1.54) is 35.4 Å². The van der Waals surface area contributed by atoms with Crippen LogP contribution in [0.3, 0.4) is 0 Å². The number of benzene rings is 1. The molecule has 2 aliphatic rings. The molecule has 1 aromatic rings. The summed E-state index contributed by atoms with van der Waals surface area (Å²) >= 11 is 0. The largest absolute Gasteiger partial charge is 0.352 e. The molecule has 2 nitrogen and oxygen atoms in total. The Morgan fingerprint density at radius 2 is 1.52 bits per heavy atom. The van der Waals surface area contributed by atoms with E-state index < -0.39 is 0 Å². The molecule has 0 saturated carbocycles. The topological polar surface area (TPSA) is 6.48 Å². The van der Waals surface area contributed by atoms with Gasteiger partial charge in [-0.1, -0.05) is 58.0 Å². The maximum absolute atomic E-state index is 2.57. The molecular formula is C21H30N2. The first-order chi connectivity index (χ1) is 11.1. The smallest absolute Gasteiger partial charge is 0.0904 e. The zero-order valence-electron chi connectivity index (χ0n) is 15.0. The van der Waals surface area contributed by atoms with Gasteiger partial charge in [0, 0.05) is 24.5 Å². The lowest BCUT2D eigenvalue weighted by molar-refractivity contribution is 0.422. The molecule has 1 heterocycles. The molecule has 3 rings (SSSR count). The summed E-state index contributed by atoms with van der Waals surface area (Å²) in [6.45, 7) is 12.5. The Morgan fingerprint density at radius 3 is 2.26 bits per heavy atom. The predicted molar refractivity (Wildman–Crippen MR) is 99.7 cm³/mol. The molecule has 0 N–H and O–H groups in total. The number of rotatable bonds is 4. The number of para-hydroxylation sites is 1. The highest BCUT2D eigenvalue weighted by molar-refractivity contribution is 5.56. The summed E-state index contributed by atoms with van der Waals surface area (Å²) < 4.78 is 0. The van der Waals surface area contributed by atoms with Crippen molar-refractivity contribution < 1.29 is 0 Å². The second-order valence-electron chi connectivity index (χ2n) is 7.36. The van der Waals surface area contributed by atoms with Crippen LogP contribution in [0.5, 0.6) is 0 Å². The minimum atomic E-state index is 0.570. The number of hydrogen-bond acceptors (Lipinski definition) is 2. The summed E-state index contributed by atoms with van der Waals surface area (Å²) in [5.41, 5.74) is 5.90. The van der Waals surface area contributed by atoms with Crippen molar-refractivity contribution in [2.75, 3.05) is 24.7 Å². The lowest BCUT2D eigenvalue weighted by Crippen LogP contribution is -2.27. The van der Waals surface area contributed by atoms with E-state index in [0.29, 0.717) is 11.8 Å². The lowest BCUT2D eigenvalue weighted by Gasteiger charge is -2.29. The highest BCUT2D eigenvalue weighted by Gasteiger charge is 2.26. The van der Waals surface area contributed by atoms with E-state index in [1.807, 2.05) is 0 Å². The third kappa shape index (κ3) is 3.31. The zero-order valence-corrected chi connectivity index (χ0v) is 15.0. The van der Waals surface area contributed by atoms with Crippen molar-refractivity contribution in [3.05, 3.63) is 53.3 Å². The van der Waals surface area contributed by atoms with Crippen molar-refractivity contribution >= 4 is 5.69 Å². The SMILES string of the molecule is CC(C)C1=CCCC=C1N1CCN(c2ccccc2C(C)C)C1. The number of anilines is 1. The first-order valence-corrected chi connectivity index (χ1v) is 9.07. The van der Waals surface area contributed by atoms with E-state index in [9.17, 15) is 0 Å². The lowest BCUT2D eigenvalue weighted by atomic mass is 9.93. The third-order valence-corrected chi connectivity index (χ3v) is 5.01. The van der Waals surface area contributed by atoms with Gasteiger partial charge in [0.2, 0.25) is 0 Å². The molecule has 1 saturated heterocycles. The van der Waals surface area contributed by atoms with Crippen LogP contribution in [0.15, 0.2) is 47.7 Å².